The minimum absolute atomic E-state index is 0.687. The quantitative estimate of drug-likeness (QED) is 0.498. The zero-order valence-electron chi connectivity index (χ0n) is 17.5. The molecule has 2 saturated carbocycles. The van der Waals surface area contributed by atoms with E-state index >= 15 is 0 Å². The highest BCUT2D eigenvalue weighted by atomic mass is 14.3. The molecule has 0 amide bonds. The molecule has 1 heteroatoms. The van der Waals surface area contributed by atoms with Gasteiger partial charge in [0.25, 0.3) is 0 Å². The molecule has 0 heterocycles. The van der Waals surface area contributed by atoms with Crippen LogP contribution in [-0.4, -0.2) is 0 Å². The fraction of sp³-hybridized carbons (Fsp3) is 0.593. The molecule has 0 spiro atoms. The van der Waals surface area contributed by atoms with Crippen molar-refractivity contribution in [2.45, 2.75) is 77.6 Å². The Morgan fingerprint density at radius 3 is 1.93 bits per heavy atom. The molecule has 148 valence electrons. The summed E-state index contributed by atoms with van der Waals surface area (Å²) in [6.07, 6.45) is 20.1. The lowest BCUT2D eigenvalue weighted by atomic mass is 9.75. The topological polar surface area (TPSA) is 23.8 Å². The number of hydrogen-bond donors (Lipinski definition) is 0. The predicted molar refractivity (Wildman–Crippen MR) is 118 cm³/mol. The number of hydrogen-bond acceptors (Lipinski definition) is 1. The zero-order chi connectivity index (χ0) is 19.6. The third kappa shape index (κ3) is 6.56. The lowest BCUT2D eigenvalue weighted by molar-refractivity contribution is 0.224. The molecule has 0 aliphatic heterocycles. The Hall–Kier alpha value is -1.99. The number of allylic oxidation sites excluding steroid dienone is 2. The standard InChI is InChI=1S/C27H35N/c1-2-22-7-9-25(10-8-22)15-16-26-13-11-23(12-14-26)5-3-4-6-24-17-19-27(21-28)20-18-24/h3,5,17-20,22-23,25-26H,2,7-16H2,1H3/b5-3+. The van der Waals surface area contributed by atoms with E-state index in [1.54, 1.807) is 0 Å². The van der Waals surface area contributed by atoms with Crippen molar-refractivity contribution in [2.24, 2.45) is 23.7 Å². The van der Waals surface area contributed by atoms with Crippen LogP contribution in [0, 0.1) is 46.8 Å². The van der Waals surface area contributed by atoms with Crippen molar-refractivity contribution in [1.82, 2.24) is 0 Å². The van der Waals surface area contributed by atoms with Crippen LogP contribution in [0.5, 0.6) is 0 Å². The van der Waals surface area contributed by atoms with Crippen molar-refractivity contribution in [3.05, 3.63) is 47.5 Å². The van der Waals surface area contributed by atoms with E-state index < -0.39 is 0 Å². The maximum atomic E-state index is 8.83. The van der Waals surface area contributed by atoms with Gasteiger partial charge < -0.3 is 0 Å². The van der Waals surface area contributed by atoms with Gasteiger partial charge in [0.05, 0.1) is 11.6 Å². The average Bonchev–Trinajstić information content (AvgIpc) is 2.77. The average molecular weight is 374 g/mol. The molecular formula is C27H35N. The summed E-state index contributed by atoms with van der Waals surface area (Å²) in [6.45, 7) is 2.36. The van der Waals surface area contributed by atoms with E-state index in [0.717, 1.165) is 23.3 Å². The smallest absolute Gasteiger partial charge is 0.0991 e. The second kappa shape index (κ2) is 11.1. The Labute approximate surface area is 172 Å². The van der Waals surface area contributed by atoms with E-state index in [0.29, 0.717) is 11.5 Å². The maximum Gasteiger partial charge on any atom is 0.0991 e. The van der Waals surface area contributed by atoms with Gasteiger partial charge in [-0.1, -0.05) is 69.8 Å². The second-order valence-corrected chi connectivity index (χ2v) is 8.97. The molecule has 0 radical (unpaired) electrons. The van der Waals surface area contributed by atoms with Crippen LogP contribution in [0.2, 0.25) is 0 Å². The Balaban J connectivity index is 1.33. The van der Waals surface area contributed by atoms with Gasteiger partial charge in [-0.3, -0.25) is 0 Å². The summed E-state index contributed by atoms with van der Waals surface area (Å²) in [5, 5.41) is 8.83. The first kappa shape index (κ1) is 20.7. The lowest BCUT2D eigenvalue weighted by Gasteiger charge is -2.31. The summed E-state index contributed by atoms with van der Waals surface area (Å²) in [5.41, 5.74) is 1.66. The van der Waals surface area contributed by atoms with Crippen LogP contribution in [0.1, 0.15) is 88.7 Å². The van der Waals surface area contributed by atoms with Crippen LogP contribution in [0.15, 0.2) is 36.4 Å². The minimum Gasteiger partial charge on any atom is -0.192 e. The van der Waals surface area contributed by atoms with Gasteiger partial charge in [0.2, 0.25) is 0 Å². The number of benzene rings is 1. The van der Waals surface area contributed by atoms with Gasteiger partial charge in [0.1, 0.15) is 0 Å². The maximum absolute atomic E-state index is 8.83. The van der Waals surface area contributed by atoms with E-state index in [1.165, 1.54) is 70.6 Å². The first-order valence-corrected chi connectivity index (χ1v) is 11.4. The van der Waals surface area contributed by atoms with Crippen molar-refractivity contribution in [3.8, 4) is 17.9 Å². The molecule has 1 aromatic carbocycles. The molecule has 0 unspecified atom stereocenters. The normalized spacial score (nSPS) is 27.7. The first-order chi connectivity index (χ1) is 13.8. The summed E-state index contributed by atoms with van der Waals surface area (Å²) < 4.78 is 0. The van der Waals surface area contributed by atoms with E-state index in [2.05, 4.69) is 30.9 Å². The van der Waals surface area contributed by atoms with Crippen molar-refractivity contribution in [3.63, 3.8) is 0 Å². The summed E-state index contributed by atoms with van der Waals surface area (Å²) in [5.74, 6) is 10.1. The Morgan fingerprint density at radius 1 is 0.821 bits per heavy atom. The van der Waals surface area contributed by atoms with Gasteiger partial charge in [-0.15, -0.1) is 0 Å². The summed E-state index contributed by atoms with van der Waals surface area (Å²) >= 11 is 0. The molecule has 2 fully saturated rings. The molecular weight excluding hydrogens is 338 g/mol. The molecule has 0 N–H and O–H groups in total. The van der Waals surface area contributed by atoms with Gasteiger partial charge in [-0.2, -0.15) is 5.26 Å². The van der Waals surface area contributed by atoms with E-state index in [1.807, 2.05) is 30.3 Å². The van der Waals surface area contributed by atoms with Crippen LogP contribution in [0.4, 0.5) is 0 Å². The molecule has 28 heavy (non-hydrogen) atoms. The zero-order valence-corrected chi connectivity index (χ0v) is 17.5. The molecule has 0 atom stereocenters. The Kier molecular flexibility index (Phi) is 8.23. The number of nitriles is 1. The molecule has 0 bridgehead atoms. The molecule has 0 aromatic heterocycles. The molecule has 0 saturated heterocycles. The van der Waals surface area contributed by atoms with Gasteiger partial charge in [-0.25, -0.2) is 0 Å². The molecule has 2 aliphatic carbocycles. The number of rotatable bonds is 5. The molecule has 3 rings (SSSR count). The van der Waals surface area contributed by atoms with E-state index in [-0.39, 0.29) is 0 Å². The highest BCUT2D eigenvalue weighted by Crippen LogP contribution is 2.37. The van der Waals surface area contributed by atoms with Crippen molar-refractivity contribution in [1.29, 1.82) is 5.26 Å². The van der Waals surface area contributed by atoms with Crippen molar-refractivity contribution >= 4 is 0 Å². The van der Waals surface area contributed by atoms with E-state index in [9.17, 15) is 0 Å². The fourth-order valence-electron chi connectivity index (χ4n) is 5.01. The van der Waals surface area contributed by atoms with Crippen molar-refractivity contribution < 1.29 is 0 Å². The lowest BCUT2D eigenvalue weighted by Crippen LogP contribution is -2.17. The summed E-state index contributed by atoms with van der Waals surface area (Å²) in [6, 6.07) is 9.62. The molecule has 1 aromatic rings. The monoisotopic (exact) mass is 373 g/mol. The highest BCUT2D eigenvalue weighted by molar-refractivity contribution is 5.41. The van der Waals surface area contributed by atoms with Gasteiger partial charge >= 0.3 is 0 Å². The SMILES string of the molecule is CCC1CCC(CCC2CCC(/C=C/C#Cc3ccc(C#N)cc3)CC2)CC1. The number of nitrogens with zero attached hydrogens (tertiary/aromatic N) is 1. The largest absolute Gasteiger partial charge is 0.192 e. The highest BCUT2D eigenvalue weighted by Gasteiger charge is 2.23. The third-order valence-corrected chi connectivity index (χ3v) is 7.10. The van der Waals surface area contributed by atoms with Gasteiger partial charge in [-0.05, 0) is 79.7 Å². The van der Waals surface area contributed by atoms with Crippen LogP contribution in [-0.2, 0) is 0 Å². The molecule has 1 nitrogen and oxygen atoms in total. The predicted octanol–water partition coefficient (Wildman–Crippen LogP) is 7.27. The van der Waals surface area contributed by atoms with Crippen LogP contribution >= 0.6 is 0 Å². The van der Waals surface area contributed by atoms with Crippen molar-refractivity contribution in [2.75, 3.05) is 0 Å². The van der Waals surface area contributed by atoms with Crippen LogP contribution < -0.4 is 0 Å². The van der Waals surface area contributed by atoms with Gasteiger partial charge in [0.15, 0.2) is 0 Å². The van der Waals surface area contributed by atoms with E-state index in [4.69, 9.17) is 5.26 Å². The third-order valence-electron chi connectivity index (χ3n) is 7.10. The fourth-order valence-corrected chi connectivity index (χ4v) is 5.01. The minimum atomic E-state index is 0.687. The molecule has 2 aliphatic rings. The second-order valence-electron chi connectivity index (χ2n) is 8.97. The van der Waals surface area contributed by atoms with Crippen LogP contribution in [0.25, 0.3) is 0 Å². The Bertz CT molecular complexity index is 708. The van der Waals surface area contributed by atoms with Gasteiger partial charge in [0, 0.05) is 5.56 Å². The first-order valence-electron chi connectivity index (χ1n) is 11.4. The van der Waals surface area contributed by atoms with Crippen LogP contribution in [0.3, 0.4) is 0 Å². The Morgan fingerprint density at radius 2 is 1.36 bits per heavy atom. The summed E-state index contributed by atoms with van der Waals surface area (Å²) in [4.78, 5) is 0. The summed E-state index contributed by atoms with van der Waals surface area (Å²) in [7, 11) is 0.